The van der Waals surface area contributed by atoms with Gasteiger partial charge in [0, 0.05) is 22.1 Å². The molecule has 28 heteroatoms. The van der Waals surface area contributed by atoms with Crippen LogP contribution in [0.4, 0.5) is 22.7 Å². The molecule has 4 aromatic carbocycles. The topological polar surface area (TPSA) is 389 Å². The maximum Gasteiger partial charge on any atom is 1.00 e. The summed E-state index contributed by atoms with van der Waals surface area (Å²) < 4.78 is 154. The Balaban J connectivity index is 0.00000422. The van der Waals surface area contributed by atoms with Crippen molar-refractivity contribution < 1.29 is 120 Å². The molecule has 4 aromatic rings. The molecule has 6 rings (SSSR count). The maximum absolute atomic E-state index is 12.2. The predicted octanol–water partition coefficient (Wildman–Crippen LogP) is -2.07. The van der Waals surface area contributed by atoms with Gasteiger partial charge in [-0.3, -0.25) is 0 Å². The summed E-state index contributed by atoms with van der Waals surface area (Å²) in [5.41, 5.74) is 9.34. The quantitative estimate of drug-likeness (QED) is 0.0543. The van der Waals surface area contributed by atoms with E-state index in [1.54, 1.807) is 24.3 Å². The van der Waals surface area contributed by atoms with Crippen molar-refractivity contribution in [1.29, 1.82) is 0 Å². The zero-order valence-electron chi connectivity index (χ0n) is 32.5. The number of ether oxygens (including phenoxy) is 2. The molecule has 0 amide bonds. The van der Waals surface area contributed by atoms with E-state index in [0.29, 0.717) is 12.1 Å². The predicted molar refractivity (Wildman–Crippen MR) is 203 cm³/mol. The van der Waals surface area contributed by atoms with E-state index in [1.165, 1.54) is 14.2 Å². The van der Waals surface area contributed by atoms with Crippen LogP contribution in [0.3, 0.4) is 0 Å². The van der Waals surface area contributed by atoms with Crippen molar-refractivity contribution in [3.05, 3.63) is 83.6 Å². The number of hydrogen-bond donors (Lipinski definition) is 4. The van der Waals surface area contributed by atoms with Gasteiger partial charge in [0.1, 0.15) is 74.8 Å². The van der Waals surface area contributed by atoms with Gasteiger partial charge in [0.05, 0.1) is 33.8 Å². The number of phenols is 2. The standard InChI is InChI=1S/C34H32N6O16S4.Li.Na/c1-55-25-9-15(3-5-23(25)37-39-31-27(59(49,50)51)11-17-7-19(57(43,44)45)13-21(35)29(17)33(31)41)16-4-6-24(26(10-16)56-2)38-40-32-28(60(52,53)54)12-18-8-20(58(46,47)48)14-22(36)30(18)34(32)42;;/h5-16,41-42H,3-4,35-36H2,1-2H3,(H,43,44,45)(H,46,47,48)(H,49,50,51)(H,52,53,54);;/q;2*+1/p-4. The third kappa shape index (κ3) is 10.2. The van der Waals surface area contributed by atoms with Crippen molar-refractivity contribution in [1.82, 2.24) is 0 Å². The first-order valence-electron chi connectivity index (χ1n) is 16.6. The van der Waals surface area contributed by atoms with Crippen molar-refractivity contribution in [2.24, 2.45) is 32.3 Å². The Hall–Kier alpha value is -4.40. The molecule has 318 valence electrons. The zero-order chi connectivity index (χ0) is 44.3. The molecule has 2 aliphatic rings. The zero-order valence-corrected chi connectivity index (χ0v) is 37.8. The monoisotopic (exact) mass is 934 g/mol. The van der Waals surface area contributed by atoms with E-state index < -0.39 is 94.3 Å². The maximum atomic E-state index is 12.2. The fraction of sp³-hybridized carbons (Fsp3) is 0.176. The summed E-state index contributed by atoms with van der Waals surface area (Å²) in [5.74, 6) is -2.27. The van der Waals surface area contributed by atoms with E-state index in [-0.39, 0.29) is 118 Å². The van der Waals surface area contributed by atoms with Gasteiger partial charge in [0.25, 0.3) is 0 Å². The Kier molecular flexibility index (Phi) is 14.9. The normalized spacial score (nSPS) is 17.5. The van der Waals surface area contributed by atoms with Gasteiger partial charge in [-0.05, 0) is 84.0 Å². The number of benzene rings is 4. The van der Waals surface area contributed by atoms with E-state index in [0.717, 1.165) is 24.3 Å². The van der Waals surface area contributed by atoms with Gasteiger partial charge in [-0.15, -0.1) is 20.5 Å². The van der Waals surface area contributed by atoms with Gasteiger partial charge in [-0.2, -0.15) is 0 Å². The Morgan fingerprint density at radius 1 is 0.581 bits per heavy atom. The third-order valence-corrected chi connectivity index (χ3v) is 12.7. The molecule has 6 N–H and O–H groups in total. The summed E-state index contributed by atoms with van der Waals surface area (Å²) in [5, 5.41) is 36.4. The molecule has 62 heavy (non-hydrogen) atoms. The van der Waals surface area contributed by atoms with Crippen molar-refractivity contribution in [2.45, 2.75) is 32.4 Å². The van der Waals surface area contributed by atoms with Crippen LogP contribution in [0.5, 0.6) is 11.5 Å². The van der Waals surface area contributed by atoms with E-state index in [4.69, 9.17) is 20.9 Å². The first kappa shape index (κ1) is 50.2. The van der Waals surface area contributed by atoms with Crippen LogP contribution in [-0.2, 0) is 49.9 Å². The number of rotatable bonds is 11. The molecule has 2 unspecified atom stereocenters. The Morgan fingerprint density at radius 3 is 1.21 bits per heavy atom. The second kappa shape index (κ2) is 18.4. The number of fused-ring (bicyclic) bond motifs is 2. The van der Waals surface area contributed by atoms with Crippen LogP contribution in [0.15, 0.2) is 124 Å². The first-order valence-corrected chi connectivity index (χ1v) is 22.2. The van der Waals surface area contributed by atoms with Crippen LogP contribution in [0.25, 0.3) is 21.5 Å². The van der Waals surface area contributed by atoms with Gasteiger partial charge in [-0.25, -0.2) is 33.7 Å². The molecule has 0 bridgehead atoms. The Bertz CT molecular complexity index is 2980. The van der Waals surface area contributed by atoms with Crippen molar-refractivity contribution >= 4 is 84.8 Å². The second-order valence-electron chi connectivity index (χ2n) is 13.0. The number of nitrogen functional groups attached to an aromatic ring is 2. The number of hydrogen-bond acceptors (Lipinski definition) is 22. The minimum Gasteiger partial charge on any atom is -0.744 e. The Labute approximate surface area is 387 Å². The van der Waals surface area contributed by atoms with Crippen LogP contribution in [-0.4, -0.2) is 76.3 Å². The summed E-state index contributed by atoms with van der Waals surface area (Å²) >= 11 is 0. The number of nitrogens with two attached hydrogens (primary N) is 2. The molecule has 2 atom stereocenters. The number of allylic oxidation sites excluding steroid dienone is 4. The van der Waals surface area contributed by atoms with Crippen LogP contribution < -0.4 is 59.9 Å². The molecule has 2 aliphatic carbocycles. The van der Waals surface area contributed by atoms with Gasteiger partial charge in [-0.1, -0.05) is 12.2 Å². The van der Waals surface area contributed by atoms with E-state index in [1.807, 2.05) is 0 Å². The van der Waals surface area contributed by atoms with Crippen LogP contribution >= 0.6 is 0 Å². The summed E-state index contributed by atoms with van der Waals surface area (Å²) in [4.78, 5) is -3.86. The summed E-state index contributed by atoms with van der Waals surface area (Å²) in [6, 6.07) is 4.38. The molecular weight excluding hydrogens is 907 g/mol. The third-order valence-electron chi connectivity index (χ3n) is 9.33. The van der Waals surface area contributed by atoms with Crippen molar-refractivity contribution in [3.8, 4) is 11.5 Å². The average molecular weight is 935 g/mol. The molecular formula is C34H28LiN6NaO16S4-2. The van der Waals surface area contributed by atoms with Crippen LogP contribution in [0.2, 0.25) is 0 Å². The average Bonchev–Trinajstić information content (AvgIpc) is 3.14. The fourth-order valence-corrected chi connectivity index (χ4v) is 8.94. The number of azo groups is 2. The first-order chi connectivity index (χ1) is 27.8. The molecule has 22 nitrogen and oxygen atoms in total. The van der Waals surface area contributed by atoms with Gasteiger partial charge in [0.2, 0.25) is 0 Å². The molecule has 0 saturated heterocycles. The minimum atomic E-state index is -5.39. The van der Waals surface area contributed by atoms with Gasteiger partial charge < -0.3 is 49.4 Å². The molecule has 0 spiro atoms. The molecule has 0 aliphatic heterocycles. The second-order valence-corrected chi connectivity index (χ2v) is 18.5. The number of nitrogens with zero attached hydrogens (tertiary/aromatic N) is 4. The largest absolute Gasteiger partial charge is 1.00 e. The molecule has 0 aromatic heterocycles. The minimum absolute atomic E-state index is 0. The van der Waals surface area contributed by atoms with Gasteiger partial charge >= 0.3 is 48.4 Å². The van der Waals surface area contributed by atoms with E-state index >= 15 is 0 Å². The molecule has 0 radical (unpaired) electrons. The number of aromatic hydroxyl groups is 2. The number of anilines is 2. The molecule has 0 heterocycles. The van der Waals surface area contributed by atoms with E-state index in [9.17, 15) is 62.1 Å². The van der Waals surface area contributed by atoms with Crippen LogP contribution in [0, 0.1) is 11.8 Å². The number of phenolic OH excluding ortho intramolecular Hbond substituents is 2. The van der Waals surface area contributed by atoms with Crippen molar-refractivity contribution in [2.75, 3.05) is 25.7 Å². The molecule has 0 saturated carbocycles. The van der Waals surface area contributed by atoms with E-state index in [2.05, 4.69) is 20.5 Å². The summed E-state index contributed by atoms with van der Waals surface area (Å²) in [7, 11) is -18.3. The summed E-state index contributed by atoms with van der Waals surface area (Å²) in [6.45, 7) is 0. The van der Waals surface area contributed by atoms with Crippen LogP contribution in [0.1, 0.15) is 12.8 Å². The van der Waals surface area contributed by atoms with Crippen molar-refractivity contribution in [3.63, 3.8) is 0 Å². The number of methoxy groups -OCH3 is 2. The summed E-state index contributed by atoms with van der Waals surface area (Å²) in [6.07, 6.45) is 6.95. The fourth-order valence-electron chi connectivity index (χ4n) is 6.57. The smallest absolute Gasteiger partial charge is 0.744 e. The molecule has 0 fully saturated rings. The Morgan fingerprint density at radius 2 is 0.919 bits per heavy atom. The SMILES string of the molecule is COC1=CC(C2C=C(OC)C(N=Nc3c(S(=O)(=O)[O-])cc4cc(S(=O)(=O)[O-])cc(N)c4c3O)=CC2)CC=C1N=Nc1c(S(=O)(=O)[O-])cc2cc(S(=O)(=O)[O-])cc(N)c2c1O.[Li+].[Na+]. The van der Waals surface area contributed by atoms with Gasteiger partial charge in [0.15, 0.2) is 11.5 Å².